The van der Waals surface area contributed by atoms with Crippen molar-refractivity contribution in [3.63, 3.8) is 0 Å². The van der Waals surface area contributed by atoms with Crippen molar-refractivity contribution >= 4 is 17.5 Å². The molecular formula is C19H13ClF6N4O2. The monoisotopic (exact) mass is 478 g/mol. The maximum Gasteiger partial charge on any atom is 0.471 e. The number of carbonyl (C=O) groups is 1. The molecule has 6 nitrogen and oxygen atoms in total. The number of hydrogen-bond acceptors (Lipinski definition) is 3. The fraction of sp³-hybridized carbons (Fsp3) is 0.211. The van der Waals surface area contributed by atoms with Gasteiger partial charge in [0.1, 0.15) is 0 Å². The molecule has 1 aromatic heterocycles. The second kappa shape index (κ2) is 8.34. The van der Waals surface area contributed by atoms with Crippen LogP contribution in [0.25, 0.3) is 17.1 Å². The SMILES string of the molecule is Cc1cc(Cl)c(-c2nn(-c3ccc(C(F)(F)F)cc3)c(=O)[nH]2)cc1CNC(=O)C(F)(F)F. The Bertz CT molecular complexity index is 1210. The van der Waals surface area contributed by atoms with E-state index in [1.165, 1.54) is 12.1 Å². The topological polar surface area (TPSA) is 79.8 Å². The first-order chi connectivity index (χ1) is 14.8. The molecule has 13 heteroatoms. The number of amides is 1. The summed E-state index contributed by atoms with van der Waals surface area (Å²) in [4.78, 5) is 25.8. The molecule has 0 radical (unpaired) electrons. The highest BCUT2D eigenvalue weighted by Gasteiger charge is 2.38. The number of aromatic amines is 1. The highest BCUT2D eigenvalue weighted by molar-refractivity contribution is 6.33. The molecule has 0 atom stereocenters. The Morgan fingerprint density at radius 2 is 1.75 bits per heavy atom. The van der Waals surface area contributed by atoms with Gasteiger partial charge in [0.05, 0.1) is 16.3 Å². The van der Waals surface area contributed by atoms with Crippen LogP contribution >= 0.6 is 11.6 Å². The number of benzene rings is 2. The van der Waals surface area contributed by atoms with Gasteiger partial charge in [-0.1, -0.05) is 11.6 Å². The fourth-order valence-electron chi connectivity index (χ4n) is 2.78. The van der Waals surface area contributed by atoms with Gasteiger partial charge in [-0.25, -0.2) is 4.79 Å². The van der Waals surface area contributed by atoms with Crippen molar-refractivity contribution in [1.29, 1.82) is 0 Å². The maximum absolute atomic E-state index is 12.7. The number of alkyl halides is 6. The highest BCUT2D eigenvalue weighted by atomic mass is 35.5. The molecule has 0 spiro atoms. The minimum Gasteiger partial charge on any atom is -0.344 e. The Labute approximate surface area is 180 Å². The van der Waals surface area contributed by atoms with Gasteiger partial charge in [0.15, 0.2) is 5.82 Å². The molecule has 3 rings (SSSR count). The van der Waals surface area contributed by atoms with Crippen LogP contribution in [0, 0.1) is 6.92 Å². The van der Waals surface area contributed by atoms with E-state index < -0.39 is 36.1 Å². The number of hydrogen-bond donors (Lipinski definition) is 2. The summed E-state index contributed by atoms with van der Waals surface area (Å²) >= 11 is 6.19. The van der Waals surface area contributed by atoms with Gasteiger partial charge in [-0.15, -0.1) is 5.10 Å². The number of rotatable bonds is 4. The molecule has 0 fully saturated rings. The number of aromatic nitrogens is 3. The average Bonchev–Trinajstić information content (AvgIpc) is 3.07. The zero-order valence-electron chi connectivity index (χ0n) is 16.0. The molecule has 0 saturated heterocycles. The molecule has 1 amide bonds. The summed E-state index contributed by atoms with van der Waals surface area (Å²) < 4.78 is 76.2. The molecule has 0 bridgehead atoms. The van der Waals surface area contributed by atoms with Crippen molar-refractivity contribution in [2.24, 2.45) is 0 Å². The van der Waals surface area contributed by atoms with Gasteiger partial charge in [-0.3, -0.25) is 9.78 Å². The van der Waals surface area contributed by atoms with Crippen LogP contribution < -0.4 is 11.0 Å². The second-order valence-electron chi connectivity index (χ2n) is 6.67. The van der Waals surface area contributed by atoms with Gasteiger partial charge < -0.3 is 5.32 Å². The predicted molar refractivity (Wildman–Crippen MR) is 102 cm³/mol. The normalized spacial score (nSPS) is 12.1. The second-order valence-corrected chi connectivity index (χ2v) is 7.08. The molecule has 0 saturated carbocycles. The van der Waals surface area contributed by atoms with Gasteiger partial charge >= 0.3 is 23.9 Å². The van der Waals surface area contributed by atoms with Crippen LogP contribution in [0.2, 0.25) is 5.02 Å². The number of nitrogens with one attached hydrogen (secondary N) is 2. The summed E-state index contributed by atoms with van der Waals surface area (Å²) in [5.74, 6) is -2.18. The van der Waals surface area contributed by atoms with E-state index in [2.05, 4.69) is 10.1 Å². The zero-order chi connectivity index (χ0) is 23.8. The zero-order valence-corrected chi connectivity index (χ0v) is 16.8. The van der Waals surface area contributed by atoms with Crippen molar-refractivity contribution in [2.75, 3.05) is 0 Å². The van der Waals surface area contributed by atoms with E-state index in [0.717, 1.165) is 28.9 Å². The first-order valence-electron chi connectivity index (χ1n) is 8.79. The highest BCUT2D eigenvalue weighted by Crippen LogP contribution is 2.30. The summed E-state index contributed by atoms with van der Waals surface area (Å²) in [7, 11) is 0. The summed E-state index contributed by atoms with van der Waals surface area (Å²) in [6.07, 6.45) is -9.59. The van der Waals surface area contributed by atoms with Gasteiger partial charge in [-0.05, 0) is 54.4 Å². The fourth-order valence-corrected chi connectivity index (χ4v) is 3.09. The maximum atomic E-state index is 12.7. The van der Waals surface area contributed by atoms with Crippen molar-refractivity contribution in [3.8, 4) is 17.1 Å². The van der Waals surface area contributed by atoms with Crippen LogP contribution in [0.15, 0.2) is 41.2 Å². The number of carbonyl (C=O) groups excluding carboxylic acids is 1. The van der Waals surface area contributed by atoms with Crippen LogP contribution in [0.3, 0.4) is 0 Å². The minimum atomic E-state index is -5.05. The lowest BCUT2D eigenvalue weighted by Gasteiger charge is -2.12. The van der Waals surface area contributed by atoms with Crippen molar-refractivity contribution in [2.45, 2.75) is 25.8 Å². The first-order valence-corrected chi connectivity index (χ1v) is 9.16. The van der Waals surface area contributed by atoms with E-state index in [0.29, 0.717) is 5.56 Å². The van der Waals surface area contributed by atoms with Crippen molar-refractivity contribution < 1.29 is 31.1 Å². The number of nitrogens with zero attached hydrogens (tertiary/aromatic N) is 2. The Balaban J connectivity index is 1.94. The van der Waals surface area contributed by atoms with Gasteiger partial charge in [-0.2, -0.15) is 31.0 Å². The summed E-state index contributed by atoms with van der Waals surface area (Å²) in [6.45, 7) is 1.10. The molecule has 170 valence electrons. The third kappa shape index (κ3) is 4.96. The van der Waals surface area contributed by atoms with Crippen molar-refractivity contribution in [3.05, 3.63) is 68.6 Å². The largest absolute Gasteiger partial charge is 0.471 e. The summed E-state index contributed by atoms with van der Waals surface area (Å²) in [5.41, 5.74) is -0.721. The van der Waals surface area contributed by atoms with Crippen molar-refractivity contribution in [1.82, 2.24) is 20.1 Å². The van der Waals surface area contributed by atoms with E-state index in [4.69, 9.17) is 11.6 Å². The standard InChI is InChI=1S/C19H13ClF6N4O2/c1-9-6-14(20)13(7-10(9)8-27-16(31)19(24,25)26)15-28-17(32)30(29-15)12-4-2-11(3-5-12)18(21,22)23/h2-7H,8H2,1H3,(H,27,31)(H,28,29,32). The number of aryl methyl sites for hydroxylation is 1. The Hall–Kier alpha value is -3.28. The first kappa shape index (κ1) is 23.4. The van der Waals surface area contributed by atoms with Crippen LogP contribution in [-0.4, -0.2) is 26.8 Å². The Morgan fingerprint density at radius 3 is 2.31 bits per heavy atom. The molecular weight excluding hydrogens is 466 g/mol. The predicted octanol–water partition coefficient (Wildman–Crippen LogP) is 4.39. The lowest BCUT2D eigenvalue weighted by Crippen LogP contribution is -2.36. The molecule has 0 aliphatic carbocycles. The molecule has 1 heterocycles. The molecule has 0 aliphatic rings. The number of halogens is 7. The van der Waals surface area contributed by atoms with E-state index in [1.54, 1.807) is 12.2 Å². The van der Waals surface area contributed by atoms with E-state index in [-0.39, 0.29) is 27.7 Å². The average molecular weight is 479 g/mol. The Kier molecular flexibility index (Phi) is 6.09. The van der Waals surface area contributed by atoms with Crippen LogP contribution in [0.1, 0.15) is 16.7 Å². The van der Waals surface area contributed by atoms with E-state index in [1.807, 2.05) is 0 Å². The van der Waals surface area contributed by atoms with E-state index in [9.17, 15) is 35.9 Å². The molecule has 2 N–H and O–H groups in total. The minimum absolute atomic E-state index is 0.0476. The van der Waals surface area contributed by atoms with Crippen LogP contribution in [0.5, 0.6) is 0 Å². The van der Waals surface area contributed by atoms with Gasteiger partial charge in [0.25, 0.3) is 0 Å². The molecule has 32 heavy (non-hydrogen) atoms. The molecule has 0 aliphatic heterocycles. The molecule has 0 unspecified atom stereocenters. The number of H-pyrrole nitrogens is 1. The lowest BCUT2D eigenvalue weighted by atomic mass is 10.0. The van der Waals surface area contributed by atoms with Gasteiger partial charge in [0.2, 0.25) is 0 Å². The summed E-state index contributed by atoms with van der Waals surface area (Å²) in [6, 6.07) is 6.46. The lowest BCUT2D eigenvalue weighted by molar-refractivity contribution is -0.173. The van der Waals surface area contributed by atoms with Gasteiger partial charge in [0, 0.05) is 12.1 Å². The molecule has 2 aromatic carbocycles. The van der Waals surface area contributed by atoms with Crippen LogP contribution in [0.4, 0.5) is 26.3 Å². The third-order valence-corrected chi connectivity index (χ3v) is 4.75. The van der Waals surface area contributed by atoms with E-state index >= 15 is 0 Å². The van der Waals surface area contributed by atoms with Crippen LogP contribution in [-0.2, 0) is 17.5 Å². The summed E-state index contributed by atoms with van der Waals surface area (Å²) in [5, 5.41) is 5.88. The quantitative estimate of drug-likeness (QED) is 0.546. The molecule has 3 aromatic rings. The Morgan fingerprint density at radius 1 is 1.12 bits per heavy atom. The third-order valence-electron chi connectivity index (χ3n) is 4.43. The smallest absolute Gasteiger partial charge is 0.344 e.